The monoisotopic (exact) mass is 756 g/mol. The average Bonchev–Trinajstić information content (AvgIpc) is 3.50. The molecule has 0 radical (unpaired) electrons. The summed E-state index contributed by atoms with van der Waals surface area (Å²) in [5, 5.41) is 5.19. The largest absolute Gasteiger partial charge is 0.397 e. The van der Waals surface area contributed by atoms with Crippen LogP contribution in [-0.2, 0) is 11.2 Å². The van der Waals surface area contributed by atoms with E-state index in [0.717, 1.165) is 42.5 Å². The van der Waals surface area contributed by atoms with Gasteiger partial charge in [-0.3, -0.25) is 14.4 Å². The Bertz CT molecular complexity index is 2300. The molecule has 2 aromatic heterocycles. The van der Waals surface area contributed by atoms with Crippen molar-refractivity contribution in [2.45, 2.75) is 19.3 Å². The van der Waals surface area contributed by atoms with E-state index in [-0.39, 0.29) is 39.3 Å². The number of aromatic nitrogens is 1. The molecule has 8 rings (SSSR count). The molecule has 2 saturated heterocycles. The van der Waals surface area contributed by atoms with E-state index >= 15 is 0 Å². The molecule has 4 N–H and O–H groups in total. The minimum atomic E-state index is -1.02. The number of carbonyl (C=O) groups is 3. The summed E-state index contributed by atoms with van der Waals surface area (Å²) in [6.45, 7) is 2.92. The highest BCUT2D eigenvalue weighted by Gasteiger charge is 2.45. The van der Waals surface area contributed by atoms with Gasteiger partial charge in [0.15, 0.2) is 5.82 Å². The van der Waals surface area contributed by atoms with Crippen LogP contribution < -0.4 is 26.2 Å². The minimum absolute atomic E-state index is 0.0973. The van der Waals surface area contributed by atoms with Gasteiger partial charge in [0.25, 0.3) is 17.7 Å². The van der Waals surface area contributed by atoms with E-state index < -0.39 is 41.0 Å². The van der Waals surface area contributed by atoms with Crippen LogP contribution in [0.4, 0.5) is 46.1 Å². The van der Waals surface area contributed by atoms with E-state index in [4.69, 9.17) is 10.5 Å². The Balaban J connectivity index is 0.990. The van der Waals surface area contributed by atoms with Gasteiger partial charge in [0, 0.05) is 66.0 Å². The molecular formula is C39H32F4N6O4S. The summed E-state index contributed by atoms with van der Waals surface area (Å²) in [6.07, 6.45) is 3.24. The lowest BCUT2D eigenvalue weighted by Gasteiger charge is -2.53. The molecule has 0 aliphatic carbocycles. The first kappa shape index (κ1) is 35.2. The summed E-state index contributed by atoms with van der Waals surface area (Å²) in [5.41, 5.74) is 7.48. The molecule has 0 bridgehead atoms. The van der Waals surface area contributed by atoms with E-state index in [1.165, 1.54) is 35.2 Å². The number of pyridine rings is 1. The summed E-state index contributed by atoms with van der Waals surface area (Å²) in [5.74, 6) is -4.35. The number of nitrogens with one attached hydrogen (secondary N) is 2. The molecule has 3 amide bonds. The summed E-state index contributed by atoms with van der Waals surface area (Å²) in [4.78, 5) is 49.0. The molecule has 0 atom stereocenters. The van der Waals surface area contributed by atoms with Crippen molar-refractivity contribution >= 4 is 57.6 Å². The molecule has 15 heteroatoms. The van der Waals surface area contributed by atoms with Crippen LogP contribution in [0.15, 0.2) is 72.9 Å². The van der Waals surface area contributed by atoms with Gasteiger partial charge in [-0.2, -0.15) is 0 Å². The smallest absolute Gasteiger partial charge is 0.265 e. The van der Waals surface area contributed by atoms with Crippen molar-refractivity contribution in [3.63, 3.8) is 0 Å². The fourth-order valence-electron chi connectivity index (χ4n) is 7.27. The van der Waals surface area contributed by atoms with Crippen LogP contribution in [-0.4, -0.2) is 55.6 Å². The van der Waals surface area contributed by atoms with E-state index in [1.54, 1.807) is 18.2 Å². The Kier molecular flexibility index (Phi) is 9.06. The fraction of sp³-hybridized carbons (Fsp3) is 0.231. The number of benzene rings is 3. The van der Waals surface area contributed by atoms with Gasteiger partial charge in [-0.15, -0.1) is 11.3 Å². The highest BCUT2D eigenvalue weighted by molar-refractivity contribution is 7.17. The molecular weight excluding hydrogens is 725 g/mol. The zero-order valence-corrected chi connectivity index (χ0v) is 29.4. The number of nitrogens with zero attached hydrogens (tertiary/aromatic N) is 3. The zero-order chi connectivity index (χ0) is 37.7. The van der Waals surface area contributed by atoms with Gasteiger partial charge in [0.2, 0.25) is 0 Å². The van der Waals surface area contributed by atoms with Crippen molar-refractivity contribution in [3.8, 4) is 10.4 Å². The summed E-state index contributed by atoms with van der Waals surface area (Å²) in [7, 11) is 0. The third-order valence-electron chi connectivity index (χ3n) is 10.1. The Labute approximate surface area is 310 Å². The lowest BCUT2D eigenvalue weighted by atomic mass is 9.73. The second-order valence-electron chi connectivity index (χ2n) is 13.7. The van der Waals surface area contributed by atoms with Gasteiger partial charge in [-0.1, -0.05) is 0 Å². The van der Waals surface area contributed by atoms with Gasteiger partial charge in [0.05, 0.1) is 28.0 Å². The van der Waals surface area contributed by atoms with Crippen molar-refractivity contribution in [2.24, 2.45) is 5.41 Å². The SMILES string of the molecule is Nc1cc(F)cc(F)c1NC(=O)c1cc2c(s1)-c1ccc(F)cc1N(C(=O)c1ccc(NC(=O)c3cc(F)cnc3N3CC4(CCOCC4)C3)cc1)CC2. The molecule has 3 aliphatic rings. The predicted octanol–water partition coefficient (Wildman–Crippen LogP) is 7.27. The second kappa shape index (κ2) is 13.9. The summed E-state index contributed by atoms with van der Waals surface area (Å²) >= 11 is 1.08. The van der Waals surface area contributed by atoms with Crippen LogP contribution in [0.2, 0.25) is 0 Å². The number of rotatable bonds is 6. The third kappa shape index (κ3) is 6.64. The zero-order valence-electron chi connectivity index (χ0n) is 28.6. The van der Waals surface area contributed by atoms with Crippen LogP contribution in [0, 0.1) is 28.7 Å². The van der Waals surface area contributed by atoms with Gasteiger partial charge >= 0.3 is 0 Å². The number of halogens is 4. The number of nitrogens with two attached hydrogens (primary N) is 1. The van der Waals surface area contributed by atoms with Gasteiger partial charge in [-0.25, -0.2) is 22.5 Å². The number of nitrogen functional groups attached to an aromatic ring is 1. The quantitative estimate of drug-likeness (QED) is 0.123. The van der Waals surface area contributed by atoms with Gasteiger partial charge in [0.1, 0.15) is 29.0 Å². The second-order valence-corrected chi connectivity index (χ2v) is 14.7. The molecule has 1 spiro atoms. The van der Waals surface area contributed by atoms with Crippen molar-refractivity contribution < 1.29 is 36.7 Å². The molecule has 10 nitrogen and oxygen atoms in total. The number of amides is 3. The van der Waals surface area contributed by atoms with Crippen LogP contribution in [0.25, 0.3) is 10.4 Å². The molecule has 2 fully saturated rings. The van der Waals surface area contributed by atoms with Crippen LogP contribution in [0.1, 0.15) is 48.8 Å². The molecule has 54 heavy (non-hydrogen) atoms. The first-order valence-corrected chi connectivity index (χ1v) is 18.0. The molecule has 3 aliphatic heterocycles. The number of anilines is 5. The number of ether oxygens (including phenoxy) is 1. The minimum Gasteiger partial charge on any atom is -0.397 e. The maximum atomic E-state index is 14.7. The Morgan fingerprint density at radius 1 is 0.852 bits per heavy atom. The molecule has 3 aromatic carbocycles. The Morgan fingerprint density at radius 3 is 2.35 bits per heavy atom. The topological polar surface area (TPSA) is 130 Å². The molecule has 0 saturated carbocycles. The number of thiophene rings is 1. The van der Waals surface area contributed by atoms with Crippen molar-refractivity contribution in [1.29, 1.82) is 0 Å². The number of hydrogen-bond acceptors (Lipinski definition) is 8. The third-order valence-corrected chi connectivity index (χ3v) is 11.3. The van der Waals surface area contributed by atoms with E-state index in [2.05, 4.69) is 15.6 Å². The molecule has 0 unspecified atom stereocenters. The van der Waals surface area contributed by atoms with Crippen molar-refractivity contribution in [3.05, 3.63) is 118 Å². The normalized spacial score (nSPS) is 15.9. The first-order chi connectivity index (χ1) is 26.0. The van der Waals surface area contributed by atoms with Crippen molar-refractivity contribution in [1.82, 2.24) is 4.98 Å². The number of carbonyl (C=O) groups excluding carboxylic acids is 3. The maximum Gasteiger partial charge on any atom is 0.265 e. The lowest BCUT2D eigenvalue weighted by molar-refractivity contribution is -0.000516. The summed E-state index contributed by atoms with van der Waals surface area (Å²) in [6, 6.07) is 14.5. The highest BCUT2D eigenvalue weighted by Crippen LogP contribution is 2.44. The van der Waals surface area contributed by atoms with Gasteiger partial charge in [-0.05, 0) is 85.5 Å². The van der Waals surface area contributed by atoms with Crippen LogP contribution >= 0.6 is 11.3 Å². The number of fused-ring (bicyclic) bond motifs is 3. The molecule has 276 valence electrons. The van der Waals surface area contributed by atoms with Crippen molar-refractivity contribution in [2.75, 3.05) is 59.0 Å². The molecule has 5 aromatic rings. The fourth-order valence-corrected chi connectivity index (χ4v) is 8.41. The maximum absolute atomic E-state index is 14.7. The van der Waals surface area contributed by atoms with Crippen LogP contribution in [0.3, 0.4) is 0 Å². The van der Waals surface area contributed by atoms with Crippen LogP contribution in [0.5, 0.6) is 0 Å². The van der Waals surface area contributed by atoms with E-state index in [9.17, 15) is 31.9 Å². The Hall–Kier alpha value is -5.80. The van der Waals surface area contributed by atoms with E-state index in [1.807, 2.05) is 4.90 Å². The predicted molar refractivity (Wildman–Crippen MR) is 197 cm³/mol. The lowest BCUT2D eigenvalue weighted by Crippen LogP contribution is -2.59. The average molecular weight is 757 g/mol. The highest BCUT2D eigenvalue weighted by atomic mass is 32.1. The molecule has 5 heterocycles. The summed E-state index contributed by atoms with van der Waals surface area (Å²) < 4.78 is 62.4. The van der Waals surface area contributed by atoms with E-state index in [0.29, 0.717) is 72.0 Å². The van der Waals surface area contributed by atoms with Gasteiger partial charge < -0.3 is 30.9 Å². The Morgan fingerprint density at radius 2 is 1.61 bits per heavy atom. The standard InChI is InChI=1S/C39H32F4N6O4S/c40-23-3-6-27-31(17-23)49(10-7-22-13-32(54-34(22)27)37(51)47-33-29(43)15-24(41)16-30(33)44)38(52)21-1-4-26(5-2-21)46-36(50)28-14-25(42)18-45-35(28)48-19-39(20-48)8-11-53-12-9-39/h1-6,13-18H,7-12,19-20,44H2,(H,46,50)(H,47,51). The number of hydrogen-bond donors (Lipinski definition) is 3. The first-order valence-electron chi connectivity index (χ1n) is 17.2.